The molecule has 0 amide bonds. The molecule has 2 unspecified atom stereocenters. The zero-order valence-corrected chi connectivity index (χ0v) is 20.6. The third-order valence-corrected chi connectivity index (χ3v) is 7.22. The summed E-state index contributed by atoms with van der Waals surface area (Å²) in [6.07, 6.45) is 4.09. The molecule has 8 heteroatoms. The van der Waals surface area contributed by atoms with E-state index >= 15 is 0 Å². The van der Waals surface area contributed by atoms with Gasteiger partial charge in [-0.3, -0.25) is 0 Å². The average Bonchev–Trinajstić information content (AvgIpc) is 3.26. The van der Waals surface area contributed by atoms with Gasteiger partial charge in [-0.25, -0.2) is 14.4 Å². The summed E-state index contributed by atoms with van der Waals surface area (Å²) < 4.78 is 13.9. The zero-order chi connectivity index (χ0) is 23.8. The number of pyridine rings is 1. The Bertz CT molecular complexity index is 1190. The number of piperazine rings is 1. The third kappa shape index (κ3) is 4.41. The summed E-state index contributed by atoms with van der Waals surface area (Å²) in [4.78, 5) is 21.3. The Morgan fingerprint density at radius 2 is 1.85 bits per heavy atom. The van der Waals surface area contributed by atoms with E-state index in [0.29, 0.717) is 22.6 Å². The number of halogens is 2. The number of anilines is 3. The van der Waals surface area contributed by atoms with Gasteiger partial charge in [0.15, 0.2) is 0 Å². The first-order valence-electron chi connectivity index (χ1n) is 11.9. The molecule has 2 aromatic heterocycles. The summed E-state index contributed by atoms with van der Waals surface area (Å²) in [6.45, 7) is 9.51. The van der Waals surface area contributed by atoms with Gasteiger partial charge in [0.05, 0.1) is 10.7 Å². The Balaban J connectivity index is 1.49. The minimum atomic E-state index is -0.204. The molecule has 0 radical (unpaired) electrons. The van der Waals surface area contributed by atoms with Crippen LogP contribution in [0.5, 0.6) is 0 Å². The van der Waals surface area contributed by atoms with Crippen LogP contribution in [-0.2, 0) is 0 Å². The van der Waals surface area contributed by atoms with Crippen LogP contribution < -0.4 is 14.7 Å². The second kappa shape index (κ2) is 9.37. The summed E-state index contributed by atoms with van der Waals surface area (Å²) in [5.74, 6) is 2.27. The fourth-order valence-corrected chi connectivity index (χ4v) is 5.22. The summed E-state index contributed by atoms with van der Waals surface area (Å²) in [5.41, 5.74) is 2.34. The first-order chi connectivity index (χ1) is 16.4. The summed E-state index contributed by atoms with van der Waals surface area (Å²) >= 11 is 6.40. The van der Waals surface area contributed by atoms with Crippen molar-refractivity contribution in [2.75, 3.05) is 40.9 Å². The maximum Gasteiger partial charge on any atom is 0.228 e. The highest BCUT2D eigenvalue weighted by Gasteiger charge is 2.29. The predicted molar refractivity (Wildman–Crippen MR) is 136 cm³/mol. The summed E-state index contributed by atoms with van der Waals surface area (Å²) in [6, 6.07) is 11.6. The Labute approximate surface area is 205 Å². The highest BCUT2D eigenvalue weighted by molar-refractivity contribution is 6.32. The first kappa shape index (κ1) is 22.8. The van der Waals surface area contributed by atoms with Crippen molar-refractivity contribution in [2.45, 2.75) is 45.7 Å². The van der Waals surface area contributed by atoms with Crippen molar-refractivity contribution in [1.29, 1.82) is 0 Å². The van der Waals surface area contributed by atoms with E-state index in [2.05, 4.69) is 33.5 Å². The lowest BCUT2D eigenvalue weighted by atomic mass is 10.1. The number of hydrogen-bond acceptors (Lipinski definition) is 6. The molecule has 0 aliphatic carbocycles. The van der Waals surface area contributed by atoms with Crippen LogP contribution >= 0.6 is 11.6 Å². The highest BCUT2D eigenvalue weighted by Crippen LogP contribution is 2.32. The van der Waals surface area contributed by atoms with Crippen LogP contribution in [0.15, 0.2) is 42.6 Å². The van der Waals surface area contributed by atoms with Crippen LogP contribution in [0.1, 0.15) is 32.3 Å². The molecule has 5 rings (SSSR count). The van der Waals surface area contributed by atoms with Gasteiger partial charge >= 0.3 is 0 Å². The fraction of sp³-hybridized carbons (Fsp3) is 0.423. The minimum absolute atomic E-state index is 0.167. The van der Waals surface area contributed by atoms with Gasteiger partial charge in [-0.2, -0.15) is 4.98 Å². The molecule has 6 nitrogen and oxygen atoms in total. The molecule has 2 aliphatic rings. The Morgan fingerprint density at radius 1 is 1.00 bits per heavy atom. The SMILES string of the molecule is Cc1cc(-c2cc(N3CCCC3C)nc(N3CCN(c4ncccc4Cl)CC3C)n2)ccc1F. The van der Waals surface area contributed by atoms with Crippen molar-refractivity contribution in [1.82, 2.24) is 15.0 Å². The predicted octanol–water partition coefficient (Wildman–Crippen LogP) is 5.34. The molecular formula is C26H30ClFN6. The van der Waals surface area contributed by atoms with Crippen molar-refractivity contribution in [3.05, 3.63) is 59.0 Å². The molecule has 2 aliphatic heterocycles. The van der Waals surface area contributed by atoms with Crippen LogP contribution in [0.2, 0.25) is 5.02 Å². The molecule has 178 valence electrons. The van der Waals surface area contributed by atoms with Crippen molar-refractivity contribution < 1.29 is 4.39 Å². The van der Waals surface area contributed by atoms with E-state index in [1.807, 2.05) is 24.3 Å². The second-order valence-corrected chi connectivity index (χ2v) is 9.76. The fourth-order valence-electron chi connectivity index (χ4n) is 4.98. The van der Waals surface area contributed by atoms with E-state index in [1.54, 1.807) is 19.2 Å². The summed E-state index contributed by atoms with van der Waals surface area (Å²) in [7, 11) is 0. The van der Waals surface area contributed by atoms with Crippen LogP contribution in [0.4, 0.5) is 22.0 Å². The van der Waals surface area contributed by atoms with Crippen LogP contribution in [0, 0.1) is 12.7 Å². The van der Waals surface area contributed by atoms with Crippen molar-refractivity contribution >= 4 is 29.2 Å². The lowest BCUT2D eigenvalue weighted by molar-refractivity contribution is 0.537. The van der Waals surface area contributed by atoms with Crippen molar-refractivity contribution in [2.24, 2.45) is 0 Å². The third-order valence-electron chi connectivity index (χ3n) is 6.92. The number of benzene rings is 1. The van der Waals surface area contributed by atoms with Crippen LogP contribution in [0.25, 0.3) is 11.3 Å². The largest absolute Gasteiger partial charge is 0.354 e. The number of rotatable bonds is 4. The monoisotopic (exact) mass is 480 g/mol. The molecule has 0 N–H and O–H groups in total. The minimum Gasteiger partial charge on any atom is -0.354 e. The lowest BCUT2D eigenvalue weighted by Crippen LogP contribution is -2.53. The standard InChI is InChI=1S/C26H30ClFN6/c1-17-14-20(8-9-22(17)28)23-15-24(33-11-5-6-18(33)2)31-26(30-23)34-13-12-32(16-19(34)3)25-21(27)7-4-10-29-25/h4,7-10,14-15,18-19H,5-6,11-13,16H2,1-3H3. The number of aryl methyl sites for hydroxylation is 1. The molecule has 4 heterocycles. The molecule has 0 bridgehead atoms. The van der Waals surface area contributed by atoms with E-state index in [9.17, 15) is 4.39 Å². The van der Waals surface area contributed by atoms with Gasteiger partial charge in [0, 0.05) is 56.1 Å². The second-order valence-electron chi connectivity index (χ2n) is 9.36. The van der Waals surface area contributed by atoms with E-state index in [-0.39, 0.29) is 11.9 Å². The molecule has 34 heavy (non-hydrogen) atoms. The quantitative estimate of drug-likeness (QED) is 0.502. The molecule has 0 spiro atoms. The van der Waals surface area contributed by atoms with Gasteiger partial charge in [0.1, 0.15) is 17.5 Å². The Morgan fingerprint density at radius 3 is 2.56 bits per heavy atom. The van der Waals surface area contributed by atoms with Crippen molar-refractivity contribution in [3.63, 3.8) is 0 Å². The topological polar surface area (TPSA) is 48.4 Å². The smallest absolute Gasteiger partial charge is 0.228 e. The first-order valence-corrected chi connectivity index (χ1v) is 12.3. The van der Waals surface area contributed by atoms with E-state index < -0.39 is 0 Å². The van der Waals surface area contributed by atoms with E-state index in [1.165, 1.54) is 6.07 Å². The van der Waals surface area contributed by atoms with Crippen LogP contribution in [-0.4, -0.2) is 53.2 Å². The van der Waals surface area contributed by atoms with Gasteiger partial charge in [-0.05, 0) is 69.5 Å². The maximum absolute atomic E-state index is 13.9. The average molecular weight is 481 g/mol. The van der Waals surface area contributed by atoms with Gasteiger partial charge in [0.25, 0.3) is 0 Å². The molecule has 2 atom stereocenters. The normalized spacial score (nSPS) is 20.8. The lowest BCUT2D eigenvalue weighted by Gasteiger charge is -2.41. The van der Waals surface area contributed by atoms with Gasteiger partial charge < -0.3 is 14.7 Å². The van der Waals surface area contributed by atoms with Gasteiger partial charge in [-0.15, -0.1) is 0 Å². The number of nitrogens with zero attached hydrogens (tertiary/aromatic N) is 6. The molecule has 3 aromatic rings. The zero-order valence-electron chi connectivity index (χ0n) is 19.9. The molecule has 2 fully saturated rings. The van der Waals surface area contributed by atoms with E-state index in [0.717, 1.165) is 61.9 Å². The van der Waals surface area contributed by atoms with Gasteiger partial charge in [0.2, 0.25) is 5.95 Å². The number of aromatic nitrogens is 3. The molecular weight excluding hydrogens is 451 g/mol. The highest BCUT2D eigenvalue weighted by atomic mass is 35.5. The Kier molecular flexibility index (Phi) is 6.30. The summed E-state index contributed by atoms with van der Waals surface area (Å²) in [5, 5.41) is 0.665. The van der Waals surface area contributed by atoms with Crippen molar-refractivity contribution in [3.8, 4) is 11.3 Å². The van der Waals surface area contributed by atoms with Gasteiger partial charge in [-0.1, -0.05) is 11.6 Å². The molecule has 2 saturated heterocycles. The van der Waals surface area contributed by atoms with E-state index in [4.69, 9.17) is 21.6 Å². The molecule has 0 saturated carbocycles. The Hall–Kier alpha value is -2.93. The van der Waals surface area contributed by atoms with Crippen LogP contribution in [0.3, 0.4) is 0 Å². The maximum atomic E-state index is 13.9. The number of hydrogen-bond donors (Lipinski definition) is 0. The molecule has 1 aromatic carbocycles.